The number of methoxy groups -OCH3 is 3. The Labute approximate surface area is 133 Å². The van der Waals surface area contributed by atoms with Crippen molar-refractivity contribution in [3.63, 3.8) is 0 Å². The molecule has 22 heavy (non-hydrogen) atoms. The predicted molar refractivity (Wildman–Crippen MR) is 85.5 cm³/mol. The summed E-state index contributed by atoms with van der Waals surface area (Å²) < 4.78 is 15.8. The normalized spacial score (nSPS) is 10.0. The minimum Gasteiger partial charge on any atom is -0.493 e. The van der Waals surface area contributed by atoms with Crippen molar-refractivity contribution in [2.24, 2.45) is 0 Å². The Kier molecular flexibility index (Phi) is 5.12. The van der Waals surface area contributed by atoms with Gasteiger partial charge in [-0.15, -0.1) is 0 Å². The lowest BCUT2D eigenvalue weighted by atomic mass is 10.1. The number of anilines is 1. The summed E-state index contributed by atoms with van der Waals surface area (Å²) in [7, 11) is 4.47. The first-order valence-corrected chi connectivity index (χ1v) is 6.84. The Morgan fingerprint density at radius 3 is 2.09 bits per heavy atom. The van der Waals surface area contributed by atoms with Gasteiger partial charge in [0.15, 0.2) is 11.5 Å². The number of halogens is 1. The molecular formula is C16H16ClNO4. The van der Waals surface area contributed by atoms with E-state index >= 15 is 0 Å². The van der Waals surface area contributed by atoms with Crippen molar-refractivity contribution in [2.75, 3.05) is 26.6 Å². The first-order valence-electron chi connectivity index (χ1n) is 6.46. The number of ether oxygens (including phenoxy) is 3. The number of nitrogens with one attached hydrogen (secondary N) is 1. The quantitative estimate of drug-likeness (QED) is 0.914. The van der Waals surface area contributed by atoms with Crippen molar-refractivity contribution in [3.05, 3.63) is 47.0 Å². The third-order valence-electron chi connectivity index (χ3n) is 3.05. The molecule has 0 atom stereocenters. The molecule has 0 aliphatic heterocycles. The zero-order valence-corrected chi connectivity index (χ0v) is 13.2. The van der Waals surface area contributed by atoms with Gasteiger partial charge in [-0.2, -0.15) is 0 Å². The van der Waals surface area contributed by atoms with E-state index in [1.807, 2.05) is 0 Å². The lowest BCUT2D eigenvalue weighted by molar-refractivity contribution is 0.102. The van der Waals surface area contributed by atoms with Gasteiger partial charge in [0, 0.05) is 10.7 Å². The molecule has 2 rings (SSSR count). The fourth-order valence-corrected chi connectivity index (χ4v) is 2.14. The largest absolute Gasteiger partial charge is 0.493 e. The Hall–Kier alpha value is -2.40. The summed E-state index contributed by atoms with van der Waals surface area (Å²) in [5, 5.41) is 3.37. The van der Waals surface area contributed by atoms with Crippen LogP contribution in [0.1, 0.15) is 10.4 Å². The molecule has 0 saturated carbocycles. The Morgan fingerprint density at radius 1 is 0.909 bits per heavy atom. The lowest BCUT2D eigenvalue weighted by Gasteiger charge is -2.15. The minimum absolute atomic E-state index is 0.313. The third-order valence-corrected chi connectivity index (χ3v) is 3.30. The van der Waals surface area contributed by atoms with Gasteiger partial charge >= 0.3 is 0 Å². The first kappa shape index (κ1) is 16.0. The maximum absolute atomic E-state index is 12.4. The first-order chi connectivity index (χ1) is 10.6. The second-order valence-electron chi connectivity index (χ2n) is 4.34. The summed E-state index contributed by atoms with van der Waals surface area (Å²) in [5.74, 6) is 0.851. The molecule has 2 aromatic carbocycles. The Bertz CT molecular complexity index is 671. The Balaban J connectivity index is 2.34. The van der Waals surface area contributed by atoms with Gasteiger partial charge in [-0.05, 0) is 36.4 Å². The summed E-state index contributed by atoms with van der Waals surface area (Å²) in [6.07, 6.45) is 0. The molecule has 0 aliphatic carbocycles. The molecule has 0 aliphatic rings. The molecule has 1 N–H and O–H groups in total. The van der Waals surface area contributed by atoms with E-state index < -0.39 is 0 Å². The molecule has 0 spiro atoms. The summed E-state index contributed by atoms with van der Waals surface area (Å²) in [6.45, 7) is 0. The van der Waals surface area contributed by atoms with Crippen LogP contribution in [-0.4, -0.2) is 27.2 Å². The third kappa shape index (κ3) is 3.26. The molecular weight excluding hydrogens is 306 g/mol. The van der Waals surface area contributed by atoms with Crippen molar-refractivity contribution in [1.29, 1.82) is 0 Å². The van der Waals surface area contributed by atoms with E-state index in [0.29, 0.717) is 33.5 Å². The second-order valence-corrected chi connectivity index (χ2v) is 4.78. The molecule has 6 heteroatoms. The number of benzene rings is 2. The van der Waals surface area contributed by atoms with Crippen molar-refractivity contribution in [1.82, 2.24) is 0 Å². The predicted octanol–water partition coefficient (Wildman–Crippen LogP) is 3.62. The molecule has 1 amide bonds. The van der Waals surface area contributed by atoms with E-state index in [1.165, 1.54) is 21.3 Å². The number of rotatable bonds is 5. The highest BCUT2D eigenvalue weighted by molar-refractivity contribution is 6.30. The van der Waals surface area contributed by atoms with Gasteiger partial charge in [0.1, 0.15) is 0 Å². The SMILES string of the molecule is COc1ccc(C(=O)Nc2ccc(Cl)cc2)c(OC)c1OC. The highest BCUT2D eigenvalue weighted by Gasteiger charge is 2.20. The average molecular weight is 322 g/mol. The van der Waals surface area contributed by atoms with Gasteiger partial charge in [0.25, 0.3) is 5.91 Å². The van der Waals surface area contributed by atoms with Crippen LogP contribution in [0, 0.1) is 0 Å². The van der Waals surface area contributed by atoms with Gasteiger partial charge in [-0.25, -0.2) is 0 Å². The van der Waals surface area contributed by atoms with Crippen LogP contribution in [0.5, 0.6) is 17.2 Å². The zero-order chi connectivity index (χ0) is 16.1. The van der Waals surface area contributed by atoms with Gasteiger partial charge in [0.2, 0.25) is 5.75 Å². The van der Waals surface area contributed by atoms with Crippen molar-refractivity contribution in [2.45, 2.75) is 0 Å². The van der Waals surface area contributed by atoms with E-state index in [4.69, 9.17) is 25.8 Å². The van der Waals surface area contributed by atoms with Gasteiger partial charge in [0.05, 0.1) is 26.9 Å². The van der Waals surface area contributed by atoms with Crippen LogP contribution in [0.3, 0.4) is 0 Å². The number of hydrogen-bond acceptors (Lipinski definition) is 4. The van der Waals surface area contributed by atoms with Crippen LogP contribution < -0.4 is 19.5 Å². The van der Waals surface area contributed by atoms with Crippen molar-refractivity contribution >= 4 is 23.2 Å². The van der Waals surface area contributed by atoms with E-state index in [2.05, 4.69) is 5.32 Å². The number of carbonyl (C=O) groups is 1. The molecule has 2 aromatic rings. The maximum Gasteiger partial charge on any atom is 0.259 e. The molecule has 0 radical (unpaired) electrons. The maximum atomic E-state index is 12.4. The molecule has 0 heterocycles. The standard InChI is InChI=1S/C16H16ClNO4/c1-20-13-9-8-12(14(21-2)15(13)22-3)16(19)18-11-6-4-10(17)5-7-11/h4-9H,1-3H3,(H,18,19). The van der Waals surface area contributed by atoms with Gasteiger partial charge in [-0.1, -0.05) is 11.6 Å². The van der Waals surface area contributed by atoms with Crippen LogP contribution in [0.2, 0.25) is 5.02 Å². The highest BCUT2D eigenvalue weighted by Crippen LogP contribution is 2.39. The molecule has 0 fully saturated rings. The smallest absolute Gasteiger partial charge is 0.259 e. The number of hydrogen-bond donors (Lipinski definition) is 1. The van der Waals surface area contributed by atoms with Gasteiger partial charge < -0.3 is 19.5 Å². The summed E-state index contributed by atoms with van der Waals surface area (Å²) in [5.41, 5.74) is 0.973. The van der Waals surface area contributed by atoms with E-state index in [9.17, 15) is 4.79 Å². The number of carbonyl (C=O) groups excluding carboxylic acids is 1. The topological polar surface area (TPSA) is 56.8 Å². The van der Waals surface area contributed by atoms with Crippen LogP contribution in [0.25, 0.3) is 0 Å². The zero-order valence-electron chi connectivity index (χ0n) is 12.5. The Morgan fingerprint density at radius 2 is 1.55 bits per heavy atom. The van der Waals surface area contributed by atoms with Crippen LogP contribution in [-0.2, 0) is 0 Å². The molecule has 0 bridgehead atoms. The minimum atomic E-state index is -0.319. The van der Waals surface area contributed by atoms with E-state index in [-0.39, 0.29) is 5.91 Å². The summed E-state index contributed by atoms with van der Waals surface area (Å²) >= 11 is 5.82. The summed E-state index contributed by atoms with van der Waals surface area (Å²) in [4.78, 5) is 12.4. The van der Waals surface area contributed by atoms with Gasteiger partial charge in [-0.3, -0.25) is 4.79 Å². The van der Waals surface area contributed by atoms with Crippen LogP contribution >= 0.6 is 11.6 Å². The average Bonchev–Trinajstić information content (AvgIpc) is 2.55. The van der Waals surface area contributed by atoms with Crippen LogP contribution in [0.15, 0.2) is 36.4 Å². The molecule has 5 nitrogen and oxygen atoms in total. The second kappa shape index (κ2) is 7.04. The van der Waals surface area contributed by atoms with E-state index in [1.54, 1.807) is 36.4 Å². The molecule has 0 aromatic heterocycles. The van der Waals surface area contributed by atoms with Crippen molar-refractivity contribution < 1.29 is 19.0 Å². The fourth-order valence-electron chi connectivity index (χ4n) is 2.01. The van der Waals surface area contributed by atoms with Crippen molar-refractivity contribution in [3.8, 4) is 17.2 Å². The number of amides is 1. The van der Waals surface area contributed by atoms with Crippen LogP contribution in [0.4, 0.5) is 5.69 Å². The monoisotopic (exact) mass is 321 g/mol. The molecule has 0 saturated heterocycles. The molecule has 116 valence electrons. The van der Waals surface area contributed by atoms with E-state index in [0.717, 1.165) is 0 Å². The highest BCUT2D eigenvalue weighted by atomic mass is 35.5. The fraction of sp³-hybridized carbons (Fsp3) is 0.188. The molecule has 0 unspecified atom stereocenters. The summed E-state index contributed by atoms with van der Waals surface area (Å²) in [6, 6.07) is 10.1. The lowest BCUT2D eigenvalue weighted by Crippen LogP contribution is -2.13.